The molecule has 0 radical (unpaired) electrons. The van der Waals surface area contributed by atoms with Gasteiger partial charge in [-0.3, -0.25) is 9.79 Å². The first-order valence-corrected chi connectivity index (χ1v) is 11.6. The van der Waals surface area contributed by atoms with Crippen molar-refractivity contribution in [2.75, 3.05) is 0 Å². The molecule has 2 aliphatic rings. The van der Waals surface area contributed by atoms with Crippen LogP contribution in [0.15, 0.2) is 70.8 Å². The van der Waals surface area contributed by atoms with E-state index in [1.807, 2.05) is 12.1 Å². The normalized spacial score (nSPS) is 16.5. The SMILES string of the molecule is O=C(O)c1cccc(C2=CN=C([C@@H]3CCc4cc(-c5cc(Cl)ccc5-n5cnnn5)cc(=O)n43)C2)n1. The van der Waals surface area contributed by atoms with E-state index in [1.165, 1.54) is 17.1 Å². The maximum Gasteiger partial charge on any atom is 0.354 e. The average molecular weight is 500 g/mol. The van der Waals surface area contributed by atoms with Gasteiger partial charge in [-0.05, 0) is 65.2 Å². The highest BCUT2D eigenvalue weighted by Crippen LogP contribution is 2.35. The van der Waals surface area contributed by atoms with Crippen LogP contribution in [0.4, 0.5) is 0 Å². The summed E-state index contributed by atoms with van der Waals surface area (Å²) in [7, 11) is 0. The van der Waals surface area contributed by atoms with E-state index in [9.17, 15) is 14.7 Å². The molecule has 1 aromatic carbocycles. The predicted octanol–water partition coefficient (Wildman–Crippen LogP) is 3.61. The zero-order chi connectivity index (χ0) is 24.8. The summed E-state index contributed by atoms with van der Waals surface area (Å²) in [6.45, 7) is 0. The Morgan fingerprint density at radius 3 is 2.83 bits per heavy atom. The minimum Gasteiger partial charge on any atom is -0.477 e. The number of carboxylic acid groups (broad SMARTS) is 1. The average Bonchev–Trinajstić information content (AvgIpc) is 3.64. The summed E-state index contributed by atoms with van der Waals surface area (Å²) < 4.78 is 3.33. The summed E-state index contributed by atoms with van der Waals surface area (Å²) in [5.74, 6) is -1.08. The summed E-state index contributed by atoms with van der Waals surface area (Å²) in [5, 5.41) is 21.2. The number of rotatable bonds is 5. The van der Waals surface area contributed by atoms with Gasteiger partial charge in [-0.15, -0.1) is 5.10 Å². The van der Waals surface area contributed by atoms with Crippen molar-refractivity contribution in [2.45, 2.75) is 25.3 Å². The van der Waals surface area contributed by atoms with E-state index in [1.54, 1.807) is 41.1 Å². The second-order valence-electron chi connectivity index (χ2n) is 8.58. The standard InChI is InChI=1S/C25H18ClN7O3/c26-16-4-6-22(32-13-28-30-31-32)18(11-16)14-8-17-5-7-23(33(17)24(34)10-14)21-9-15(12-27-21)19-2-1-3-20(29-19)25(35)36/h1-4,6,8,10-13,23H,5,7,9H2,(H,35,36)/t23-/m0/s1. The molecule has 1 atom stereocenters. The van der Waals surface area contributed by atoms with Crippen LogP contribution in [-0.2, 0) is 6.42 Å². The predicted molar refractivity (Wildman–Crippen MR) is 132 cm³/mol. The second-order valence-corrected chi connectivity index (χ2v) is 9.02. The number of aromatic nitrogens is 6. The molecule has 10 nitrogen and oxygen atoms in total. The van der Waals surface area contributed by atoms with Crippen molar-refractivity contribution >= 4 is 28.9 Å². The maximum atomic E-state index is 13.4. The highest BCUT2D eigenvalue weighted by atomic mass is 35.5. The molecule has 0 saturated heterocycles. The molecule has 4 aromatic rings. The Bertz CT molecular complexity index is 1640. The molecule has 0 bridgehead atoms. The number of nitrogens with zero attached hydrogens (tertiary/aromatic N) is 7. The molecule has 0 fully saturated rings. The lowest BCUT2D eigenvalue weighted by molar-refractivity contribution is 0.0690. The van der Waals surface area contributed by atoms with Crippen LogP contribution in [0, 0.1) is 0 Å². The Kier molecular flexibility index (Phi) is 5.30. The Morgan fingerprint density at radius 1 is 1.14 bits per heavy atom. The van der Waals surface area contributed by atoms with Crippen molar-refractivity contribution in [1.82, 2.24) is 29.8 Å². The van der Waals surface area contributed by atoms with Crippen LogP contribution in [0.25, 0.3) is 22.4 Å². The number of carbonyl (C=O) groups is 1. The quantitative estimate of drug-likeness (QED) is 0.444. The number of allylic oxidation sites excluding steroid dienone is 1. The van der Waals surface area contributed by atoms with Gasteiger partial charge in [0.25, 0.3) is 5.56 Å². The number of pyridine rings is 2. The molecule has 11 heteroatoms. The summed E-state index contributed by atoms with van der Waals surface area (Å²) >= 11 is 6.28. The number of hydrogen-bond acceptors (Lipinski definition) is 7. The largest absolute Gasteiger partial charge is 0.477 e. The van der Waals surface area contributed by atoms with Crippen molar-refractivity contribution < 1.29 is 9.90 Å². The summed E-state index contributed by atoms with van der Waals surface area (Å²) in [4.78, 5) is 33.5. The van der Waals surface area contributed by atoms with Gasteiger partial charge in [-0.25, -0.2) is 9.78 Å². The molecule has 0 spiro atoms. The van der Waals surface area contributed by atoms with E-state index in [-0.39, 0.29) is 17.3 Å². The van der Waals surface area contributed by atoms with Crippen LogP contribution in [0.3, 0.4) is 0 Å². The summed E-state index contributed by atoms with van der Waals surface area (Å²) in [6, 6.07) is 13.7. The van der Waals surface area contributed by atoms with E-state index in [0.717, 1.165) is 40.9 Å². The van der Waals surface area contributed by atoms with Crippen molar-refractivity contribution in [3.05, 3.63) is 93.5 Å². The van der Waals surface area contributed by atoms with Crippen molar-refractivity contribution in [2.24, 2.45) is 4.99 Å². The van der Waals surface area contributed by atoms with Gasteiger partial charge < -0.3 is 9.67 Å². The summed E-state index contributed by atoms with van der Waals surface area (Å²) in [5.41, 5.74) is 5.24. The smallest absolute Gasteiger partial charge is 0.354 e. The molecular weight excluding hydrogens is 482 g/mol. The zero-order valence-corrected chi connectivity index (χ0v) is 19.5. The number of benzene rings is 1. The van der Waals surface area contributed by atoms with E-state index < -0.39 is 5.97 Å². The number of tetrazole rings is 1. The molecule has 5 heterocycles. The molecule has 0 amide bonds. The van der Waals surface area contributed by atoms with Gasteiger partial charge >= 0.3 is 5.97 Å². The van der Waals surface area contributed by atoms with Crippen molar-refractivity contribution in [3.63, 3.8) is 0 Å². The van der Waals surface area contributed by atoms with Crippen molar-refractivity contribution in [1.29, 1.82) is 0 Å². The third-order valence-corrected chi connectivity index (χ3v) is 6.67. The lowest BCUT2D eigenvalue weighted by Gasteiger charge is -2.17. The minimum atomic E-state index is -1.08. The molecule has 36 heavy (non-hydrogen) atoms. The van der Waals surface area contributed by atoms with Crippen LogP contribution in [0.5, 0.6) is 0 Å². The van der Waals surface area contributed by atoms with Crippen LogP contribution >= 0.6 is 11.6 Å². The highest BCUT2D eigenvalue weighted by molar-refractivity contribution is 6.31. The topological polar surface area (TPSA) is 128 Å². The fraction of sp³-hybridized carbons (Fsp3) is 0.160. The number of aliphatic imine (C=N–C) groups is 1. The van der Waals surface area contributed by atoms with Crippen LogP contribution < -0.4 is 5.56 Å². The third kappa shape index (κ3) is 3.81. The first-order valence-electron chi connectivity index (χ1n) is 11.2. The monoisotopic (exact) mass is 499 g/mol. The summed E-state index contributed by atoms with van der Waals surface area (Å²) in [6.07, 6.45) is 5.18. The number of fused-ring (bicyclic) bond motifs is 1. The minimum absolute atomic E-state index is 0.0149. The van der Waals surface area contributed by atoms with Gasteiger partial charge in [0.05, 0.1) is 17.4 Å². The van der Waals surface area contributed by atoms with Crippen molar-refractivity contribution in [3.8, 4) is 16.8 Å². The maximum absolute atomic E-state index is 13.4. The molecule has 2 aliphatic heterocycles. The number of carboxylic acids is 1. The lowest BCUT2D eigenvalue weighted by Crippen LogP contribution is -2.27. The number of aromatic carboxylic acids is 1. The first-order chi connectivity index (χ1) is 17.5. The molecule has 1 N–H and O–H groups in total. The first kappa shape index (κ1) is 22.1. The van der Waals surface area contributed by atoms with Crippen LogP contribution in [0.2, 0.25) is 5.02 Å². The van der Waals surface area contributed by atoms with Gasteiger partial charge in [-0.1, -0.05) is 17.7 Å². The van der Waals surface area contributed by atoms with Crippen LogP contribution in [-0.4, -0.2) is 46.5 Å². The van der Waals surface area contributed by atoms with E-state index in [2.05, 4.69) is 25.5 Å². The number of halogens is 1. The zero-order valence-electron chi connectivity index (χ0n) is 18.7. The molecule has 6 rings (SSSR count). The third-order valence-electron chi connectivity index (χ3n) is 6.44. The Labute approximate surface area is 209 Å². The highest BCUT2D eigenvalue weighted by Gasteiger charge is 2.30. The van der Waals surface area contributed by atoms with Gasteiger partial charge in [0, 0.05) is 46.3 Å². The van der Waals surface area contributed by atoms with Gasteiger partial charge in [0.2, 0.25) is 0 Å². The van der Waals surface area contributed by atoms with E-state index >= 15 is 0 Å². The molecular formula is C25H18ClN7O3. The van der Waals surface area contributed by atoms with Crippen LogP contribution in [0.1, 0.15) is 40.8 Å². The Hall–Kier alpha value is -4.44. The Morgan fingerprint density at radius 2 is 2.03 bits per heavy atom. The fourth-order valence-corrected chi connectivity index (χ4v) is 4.99. The second kappa shape index (κ2) is 8.65. The van der Waals surface area contributed by atoms with Gasteiger partial charge in [0.15, 0.2) is 0 Å². The molecule has 3 aromatic heterocycles. The van der Waals surface area contributed by atoms with E-state index in [4.69, 9.17) is 11.6 Å². The van der Waals surface area contributed by atoms with Gasteiger partial charge in [0.1, 0.15) is 12.0 Å². The van der Waals surface area contributed by atoms with E-state index in [0.29, 0.717) is 22.8 Å². The number of hydrogen-bond donors (Lipinski definition) is 1. The molecule has 0 aliphatic carbocycles. The number of aryl methyl sites for hydroxylation is 1. The van der Waals surface area contributed by atoms with Gasteiger partial charge in [-0.2, -0.15) is 4.68 Å². The Balaban J connectivity index is 1.31. The fourth-order valence-electron chi connectivity index (χ4n) is 4.82. The lowest BCUT2D eigenvalue weighted by atomic mass is 10.0. The molecule has 178 valence electrons. The molecule has 0 unspecified atom stereocenters. The molecule has 0 saturated carbocycles.